The fraction of sp³-hybridized carbons (Fsp3) is 0.273. The van der Waals surface area contributed by atoms with Crippen molar-refractivity contribution in [2.24, 2.45) is 0 Å². The van der Waals surface area contributed by atoms with Crippen LogP contribution < -0.4 is 9.46 Å². The molecule has 0 atom stereocenters. The number of carbonyl (C=O) groups is 2. The molecule has 1 N–H and O–H groups in total. The van der Waals surface area contributed by atoms with Gasteiger partial charge in [0.15, 0.2) is 6.61 Å². The van der Waals surface area contributed by atoms with E-state index < -0.39 is 16.0 Å². The lowest BCUT2D eigenvalue weighted by Crippen LogP contribution is -2.19. The van der Waals surface area contributed by atoms with E-state index in [1.54, 1.807) is 6.07 Å². The predicted octanol–water partition coefficient (Wildman–Crippen LogP) is 2.97. The molecule has 0 aliphatic carbocycles. The Morgan fingerprint density at radius 2 is 1.70 bits per heavy atom. The molecule has 0 amide bonds. The van der Waals surface area contributed by atoms with Gasteiger partial charge in [-0.25, -0.2) is 17.9 Å². The summed E-state index contributed by atoms with van der Waals surface area (Å²) in [5.41, 5.74) is 3.73. The number of carbonyl (C=O) groups excluding carboxylic acids is 2. The second kappa shape index (κ2) is 9.69. The fourth-order valence-electron chi connectivity index (χ4n) is 3.16. The Kier molecular flexibility index (Phi) is 7.53. The molecule has 0 bridgehead atoms. The third kappa shape index (κ3) is 5.55. The highest BCUT2D eigenvalue weighted by Gasteiger charge is 2.18. The molecule has 0 radical (unpaired) electrons. The number of esters is 1. The minimum atomic E-state index is -3.74. The van der Waals surface area contributed by atoms with Crippen LogP contribution in [-0.2, 0) is 19.6 Å². The van der Waals surface area contributed by atoms with E-state index in [-0.39, 0.29) is 23.0 Å². The van der Waals surface area contributed by atoms with Crippen molar-refractivity contribution in [2.75, 3.05) is 20.8 Å². The van der Waals surface area contributed by atoms with Crippen LogP contribution in [0, 0.1) is 20.8 Å². The first kappa shape index (κ1) is 23.3. The summed E-state index contributed by atoms with van der Waals surface area (Å²) < 4.78 is 36.6. The molecule has 0 aromatic heterocycles. The van der Waals surface area contributed by atoms with Gasteiger partial charge in [0.25, 0.3) is 0 Å². The number of sulfonamides is 1. The van der Waals surface area contributed by atoms with Crippen molar-refractivity contribution >= 4 is 27.9 Å². The van der Waals surface area contributed by atoms with E-state index in [0.717, 1.165) is 22.8 Å². The van der Waals surface area contributed by atoms with E-state index in [1.165, 1.54) is 32.4 Å². The number of hydrogen-bond donors (Lipinski definition) is 1. The van der Waals surface area contributed by atoms with Gasteiger partial charge in [0.2, 0.25) is 15.8 Å². The molecule has 0 aliphatic rings. The number of ketones is 1. The third-order valence-corrected chi connectivity index (χ3v) is 5.89. The molecule has 0 fully saturated rings. The lowest BCUT2D eigenvalue weighted by atomic mass is 9.97. The summed E-state index contributed by atoms with van der Waals surface area (Å²) in [6.45, 7) is 5.26. The van der Waals surface area contributed by atoms with E-state index in [9.17, 15) is 18.0 Å². The molecule has 0 unspecified atom stereocenters. The van der Waals surface area contributed by atoms with Gasteiger partial charge in [-0.15, -0.1) is 0 Å². The van der Waals surface area contributed by atoms with Crippen LogP contribution in [0.4, 0.5) is 0 Å². The Balaban J connectivity index is 2.10. The minimum Gasteiger partial charge on any atom is -0.495 e. The third-order valence-electron chi connectivity index (χ3n) is 4.46. The molecule has 30 heavy (non-hydrogen) atoms. The molecular weight excluding hydrogens is 406 g/mol. The normalized spacial score (nSPS) is 11.5. The van der Waals surface area contributed by atoms with Crippen LogP contribution in [0.3, 0.4) is 0 Å². The second-order valence-corrected chi connectivity index (χ2v) is 8.61. The number of rotatable bonds is 8. The maximum atomic E-state index is 12.4. The first-order valence-electron chi connectivity index (χ1n) is 9.16. The molecule has 7 nitrogen and oxygen atoms in total. The van der Waals surface area contributed by atoms with Crippen molar-refractivity contribution in [2.45, 2.75) is 25.7 Å². The largest absolute Gasteiger partial charge is 0.495 e. The standard InChI is InChI=1S/C22H25NO6S/c1-14-10-15(2)22(16(3)11-14)18(24)13-29-21(25)9-7-17-6-8-19(28-5)20(12-17)30(26,27)23-4/h6-12,23H,13H2,1-5H3/b9-7+. The smallest absolute Gasteiger partial charge is 0.331 e. The zero-order valence-electron chi connectivity index (χ0n) is 17.6. The topological polar surface area (TPSA) is 98.8 Å². The van der Waals surface area contributed by atoms with Crippen molar-refractivity contribution in [3.05, 3.63) is 64.2 Å². The van der Waals surface area contributed by atoms with E-state index in [4.69, 9.17) is 9.47 Å². The van der Waals surface area contributed by atoms with Gasteiger partial charge in [-0.1, -0.05) is 23.8 Å². The number of methoxy groups -OCH3 is 1. The first-order chi connectivity index (χ1) is 14.1. The van der Waals surface area contributed by atoms with E-state index in [1.807, 2.05) is 32.9 Å². The average molecular weight is 432 g/mol. The minimum absolute atomic E-state index is 0.0523. The molecule has 2 aromatic rings. The monoisotopic (exact) mass is 431 g/mol. The van der Waals surface area contributed by atoms with Crippen molar-refractivity contribution in [3.63, 3.8) is 0 Å². The number of hydrogen-bond acceptors (Lipinski definition) is 6. The fourth-order valence-corrected chi connectivity index (χ4v) is 4.09. The zero-order valence-corrected chi connectivity index (χ0v) is 18.4. The van der Waals surface area contributed by atoms with Gasteiger partial charge in [-0.3, -0.25) is 4.79 Å². The van der Waals surface area contributed by atoms with Crippen molar-refractivity contribution in [1.29, 1.82) is 0 Å². The molecule has 0 heterocycles. The molecule has 0 saturated carbocycles. The Morgan fingerprint density at radius 1 is 1.07 bits per heavy atom. The molecule has 0 aliphatic heterocycles. The summed E-state index contributed by atoms with van der Waals surface area (Å²) in [7, 11) is -1.07. The quantitative estimate of drug-likeness (QED) is 0.392. The van der Waals surface area contributed by atoms with Crippen LogP contribution in [0.1, 0.15) is 32.6 Å². The van der Waals surface area contributed by atoms with Gasteiger partial charge in [0, 0.05) is 11.6 Å². The van der Waals surface area contributed by atoms with Gasteiger partial charge >= 0.3 is 5.97 Å². The van der Waals surface area contributed by atoms with Crippen LogP contribution in [0.25, 0.3) is 6.08 Å². The number of benzene rings is 2. The Morgan fingerprint density at radius 3 is 2.27 bits per heavy atom. The first-order valence-corrected chi connectivity index (χ1v) is 10.6. The zero-order chi connectivity index (χ0) is 22.5. The SMILES string of the molecule is CNS(=O)(=O)c1cc(/C=C/C(=O)OCC(=O)c2c(C)cc(C)cc2C)ccc1OC. The summed E-state index contributed by atoms with van der Waals surface area (Å²) in [6, 6.07) is 8.27. The summed E-state index contributed by atoms with van der Waals surface area (Å²) in [5, 5.41) is 0. The molecule has 2 rings (SSSR count). The lowest BCUT2D eigenvalue weighted by Gasteiger charge is -2.10. The molecule has 0 saturated heterocycles. The number of Topliss-reactive ketones (excluding diaryl/α,β-unsaturated/α-hetero) is 1. The molecule has 2 aromatic carbocycles. The van der Waals surface area contributed by atoms with Crippen LogP contribution in [-0.4, -0.2) is 40.9 Å². The summed E-state index contributed by atoms with van der Waals surface area (Å²) >= 11 is 0. The average Bonchev–Trinajstić information content (AvgIpc) is 2.69. The number of aryl methyl sites for hydroxylation is 3. The van der Waals surface area contributed by atoms with Gasteiger partial charge < -0.3 is 9.47 Å². The van der Waals surface area contributed by atoms with Crippen LogP contribution in [0.15, 0.2) is 41.3 Å². The summed E-state index contributed by atoms with van der Waals surface area (Å²) in [6.07, 6.45) is 2.54. The van der Waals surface area contributed by atoms with E-state index in [0.29, 0.717) is 11.1 Å². The van der Waals surface area contributed by atoms with Crippen LogP contribution in [0.2, 0.25) is 0 Å². The number of nitrogens with one attached hydrogen (secondary N) is 1. The van der Waals surface area contributed by atoms with Crippen molar-refractivity contribution in [1.82, 2.24) is 4.72 Å². The van der Waals surface area contributed by atoms with Crippen molar-refractivity contribution in [3.8, 4) is 5.75 Å². The van der Waals surface area contributed by atoms with Gasteiger partial charge in [-0.2, -0.15) is 0 Å². The Hall–Kier alpha value is -2.97. The Labute approximate surface area is 176 Å². The highest BCUT2D eigenvalue weighted by Crippen LogP contribution is 2.25. The van der Waals surface area contributed by atoms with E-state index >= 15 is 0 Å². The summed E-state index contributed by atoms with van der Waals surface area (Å²) in [5.74, 6) is -0.809. The van der Waals surface area contributed by atoms with Gasteiger partial charge in [0.1, 0.15) is 10.6 Å². The Bertz CT molecular complexity index is 1080. The predicted molar refractivity (Wildman–Crippen MR) is 114 cm³/mol. The van der Waals surface area contributed by atoms with E-state index in [2.05, 4.69) is 4.72 Å². The lowest BCUT2D eigenvalue weighted by molar-refractivity contribution is -0.136. The highest BCUT2D eigenvalue weighted by molar-refractivity contribution is 7.89. The maximum absolute atomic E-state index is 12.4. The molecule has 8 heteroatoms. The maximum Gasteiger partial charge on any atom is 0.331 e. The second-order valence-electron chi connectivity index (χ2n) is 6.76. The van der Waals surface area contributed by atoms with Gasteiger partial charge in [0.05, 0.1) is 7.11 Å². The van der Waals surface area contributed by atoms with Crippen LogP contribution in [0.5, 0.6) is 5.75 Å². The molecule has 160 valence electrons. The van der Waals surface area contributed by atoms with Crippen molar-refractivity contribution < 1.29 is 27.5 Å². The number of ether oxygens (including phenoxy) is 2. The highest BCUT2D eigenvalue weighted by atomic mass is 32.2. The van der Waals surface area contributed by atoms with Crippen LogP contribution >= 0.6 is 0 Å². The summed E-state index contributed by atoms with van der Waals surface area (Å²) in [4.78, 5) is 24.4. The molecular formula is C22H25NO6S. The molecule has 0 spiro atoms. The van der Waals surface area contributed by atoms with Gasteiger partial charge in [-0.05, 0) is 62.7 Å².